The maximum Gasteiger partial charge on any atom is 0.0589 e. The van der Waals surface area contributed by atoms with E-state index in [2.05, 4.69) is 24.8 Å². The van der Waals surface area contributed by atoms with E-state index >= 15 is 0 Å². The van der Waals surface area contributed by atoms with E-state index in [4.69, 9.17) is 10.5 Å². The Morgan fingerprint density at radius 3 is 2.57 bits per heavy atom. The van der Waals surface area contributed by atoms with Crippen LogP contribution in [-0.2, 0) is 4.74 Å². The van der Waals surface area contributed by atoms with Gasteiger partial charge in [-0.2, -0.15) is 0 Å². The van der Waals surface area contributed by atoms with Crippen LogP contribution in [0.2, 0.25) is 0 Å². The molecule has 0 saturated heterocycles. The molecule has 0 fully saturated rings. The van der Waals surface area contributed by atoms with Crippen molar-refractivity contribution < 1.29 is 4.74 Å². The lowest BCUT2D eigenvalue weighted by Gasteiger charge is -2.22. The highest BCUT2D eigenvalue weighted by Crippen LogP contribution is 1.98. The zero-order valence-corrected chi connectivity index (χ0v) is 9.70. The third-order valence-corrected chi connectivity index (χ3v) is 1.90. The van der Waals surface area contributed by atoms with Gasteiger partial charge in [-0.3, -0.25) is 4.90 Å². The van der Waals surface area contributed by atoms with E-state index in [0.29, 0.717) is 12.5 Å². The second-order valence-corrected chi connectivity index (χ2v) is 3.85. The normalized spacial score (nSPS) is 12.1. The van der Waals surface area contributed by atoms with Crippen LogP contribution in [0.25, 0.3) is 0 Å². The van der Waals surface area contributed by atoms with Gasteiger partial charge in [-0.25, -0.2) is 0 Å². The third-order valence-electron chi connectivity index (χ3n) is 1.90. The first-order chi connectivity index (χ1) is 6.70. The summed E-state index contributed by atoms with van der Waals surface area (Å²) in [5, 5.41) is 0. The highest BCUT2D eigenvalue weighted by molar-refractivity contribution is 4.85. The number of ether oxygens (including phenoxy) is 1. The van der Waals surface area contributed by atoms with Crippen molar-refractivity contribution in [3.05, 3.63) is 12.2 Å². The van der Waals surface area contributed by atoms with Crippen molar-refractivity contribution in [1.82, 2.24) is 4.90 Å². The molecular formula is C11H24N2O. The predicted octanol–water partition coefficient (Wildman–Crippen LogP) is 1.11. The maximum atomic E-state index is 5.39. The van der Waals surface area contributed by atoms with Crippen molar-refractivity contribution in [3.8, 4) is 0 Å². The molecule has 0 unspecified atom stereocenters. The summed E-state index contributed by atoms with van der Waals surface area (Å²) in [6.45, 7) is 8.95. The van der Waals surface area contributed by atoms with Gasteiger partial charge in [0, 0.05) is 33.3 Å². The number of nitrogens with zero attached hydrogens (tertiary/aromatic N) is 1. The Kier molecular flexibility index (Phi) is 8.94. The molecule has 3 nitrogen and oxygen atoms in total. The third kappa shape index (κ3) is 8.23. The molecule has 0 bridgehead atoms. The van der Waals surface area contributed by atoms with Crippen LogP contribution >= 0.6 is 0 Å². The number of methoxy groups -OCH3 is 1. The highest BCUT2D eigenvalue weighted by atomic mass is 16.5. The van der Waals surface area contributed by atoms with Gasteiger partial charge >= 0.3 is 0 Å². The number of hydrogen-bond donors (Lipinski definition) is 1. The first-order valence-electron chi connectivity index (χ1n) is 5.27. The average Bonchev–Trinajstić information content (AvgIpc) is 2.13. The van der Waals surface area contributed by atoms with Gasteiger partial charge in [0.25, 0.3) is 0 Å². The first kappa shape index (κ1) is 13.6. The molecule has 14 heavy (non-hydrogen) atoms. The molecule has 2 N–H and O–H groups in total. The zero-order valence-electron chi connectivity index (χ0n) is 9.70. The van der Waals surface area contributed by atoms with Gasteiger partial charge in [0.05, 0.1) is 6.61 Å². The van der Waals surface area contributed by atoms with Crippen molar-refractivity contribution in [2.75, 3.05) is 39.9 Å². The van der Waals surface area contributed by atoms with Gasteiger partial charge in [-0.15, -0.1) is 0 Å². The molecular weight excluding hydrogens is 176 g/mol. The van der Waals surface area contributed by atoms with E-state index in [9.17, 15) is 0 Å². The van der Waals surface area contributed by atoms with E-state index in [-0.39, 0.29) is 0 Å². The van der Waals surface area contributed by atoms with Gasteiger partial charge in [0.15, 0.2) is 0 Å². The van der Waals surface area contributed by atoms with Crippen LogP contribution < -0.4 is 5.73 Å². The van der Waals surface area contributed by atoms with Crippen LogP contribution in [0.5, 0.6) is 0 Å². The van der Waals surface area contributed by atoms with E-state index < -0.39 is 0 Å². The van der Waals surface area contributed by atoms with Crippen molar-refractivity contribution in [2.24, 2.45) is 11.7 Å². The Morgan fingerprint density at radius 2 is 2.07 bits per heavy atom. The lowest BCUT2D eigenvalue weighted by molar-refractivity contribution is 0.147. The molecule has 0 spiro atoms. The van der Waals surface area contributed by atoms with Crippen LogP contribution in [0.4, 0.5) is 0 Å². The summed E-state index contributed by atoms with van der Waals surface area (Å²) in [6, 6.07) is 0. The molecule has 0 rings (SSSR count). The summed E-state index contributed by atoms with van der Waals surface area (Å²) in [5.41, 5.74) is 5.39. The van der Waals surface area contributed by atoms with Crippen molar-refractivity contribution in [3.63, 3.8) is 0 Å². The van der Waals surface area contributed by atoms with Gasteiger partial charge in [-0.05, 0) is 5.92 Å². The second kappa shape index (κ2) is 9.19. The average molecular weight is 200 g/mol. The Labute approximate surface area is 87.9 Å². The first-order valence-corrected chi connectivity index (χ1v) is 5.27. The van der Waals surface area contributed by atoms with E-state index in [1.165, 1.54) is 0 Å². The Balaban J connectivity index is 3.77. The molecule has 0 atom stereocenters. The Hall–Kier alpha value is -0.380. The molecule has 84 valence electrons. The van der Waals surface area contributed by atoms with Crippen LogP contribution in [-0.4, -0.2) is 44.8 Å². The van der Waals surface area contributed by atoms with Crippen LogP contribution in [0.3, 0.4) is 0 Å². The van der Waals surface area contributed by atoms with Gasteiger partial charge in [0.1, 0.15) is 0 Å². The van der Waals surface area contributed by atoms with Crippen molar-refractivity contribution >= 4 is 0 Å². The fourth-order valence-corrected chi connectivity index (χ4v) is 1.31. The largest absolute Gasteiger partial charge is 0.383 e. The lowest BCUT2D eigenvalue weighted by atomic mass is 10.2. The maximum absolute atomic E-state index is 5.39. The van der Waals surface area contributed by atoms with Gasteiger partial charge in [-0.1, -0.05) is 26.0 Å². The summed E-state index contributed by atoms with van der Waals surface area (Å²) >= 11 is 0. The fourth-order valence-electron chi connectivity index (χ4n) is 1.31. The SMILES string of the molecule is COCCN(CC=CCN)CC(C)C. The molecule has 0 aromatic rings. The topological polar surface area (TPSA) is 38.5 Å². The van der Waals surface area contributed by atoms with Crippen molar-refractivity contribution in [1.29, 1.82) is 0 Å². The fraction of sp³-hybridized carbons (Fsp3) is 0.818. The monoisotopic (exact) mass is 200 g/mol. The van der Waals surface area contributed by atoms with E-state index in [1.54, 1.807) is 7.11 Å². The molecule has 0 aromatic heterocycles. The molecule has 0 aliphatic heterocycles. The molecule has 0 heterocycles. The second-order valence-electron chi connectivity index (χ2n) is 3.85. The van der Waals surface area contributed by atoms with Gasteiger partial charge in [0.2, 0.25) is 0 Å². The number of hydrogen-bond acceptors (Lipinski definition) is 3. The van der Waals surface area contributed by atoms with E-state index in [1.807, 2.05) is 6.08 Å². The van der Waals surface area contributed by atoms with Crippen LogP contribution in [0, 0.1) is 5.92 Å². The molecule has 0 saturated carbocycles. The summed E-state index contributed by atoms with van der Waals surface area (Å²) in [6.07, 6.45) is 4.12. The van der Waals surface area contributed by atoms with Crippen molar-refractivity contribution in [2.45, 2.75) is 13.8 Å². The Bertz CT molecular complexity index is 146. The minimum Gasteiger partial charge on any atom is -0.383 e. The van der Waals surface area contributed by atoms with Crippen LogP contribution in [0.15, 0.2) is 12.2 Å². The number of nitrogens with two attached hydrogens (primary N) is 1. The standard InChI is InChI=1S/C11H24N2O/c1-11(2)10-13(8-9-14-3)7-5-4-6-12/h4-5,11H,6-10,12H2,1-3H3. The minimum absolute atomic E-state index is 0.625. The molecule has 0 aliphatic carbocycles. The van der Waals surface area contributed by atoms with Gasteiger partial charge < -0.3 is 10.5 Å². The predicted molar refractivity (Wildman–Crippen MR) is 61.3 cm³/mol. The summed E-state index contributed by atoms with van der Waals surface area (Å²) in [7, 11) is 1.74. The molecule has 0 aromatic carbocycles. The molecule has 0 aliphatic rings. The quantitative estimate of drug-likeness (QED) is 0.596. The van der Waals surface area contributed by atoms with Crippen LogP contribution in [0.1, 0.15) is 13.8 Å². The zero-order chi connectivity index (χ0) is 10.8. The molecule has 0 radical (unpaired) electrons. The number of rotatable bonds is 8. The van der Waals surface area contributed by atoms with E-state index in [0.717, 1.165) is 26.2 Å². The summed E-state index contributed by atoms with van der Waals surface area (Å²) < 4.78 is 5.07. The molecule has 0 amide bonds. The Morgan fingerprint density at radius 1 is 1.36 bits per heavy atom. The highest BCUT2D eigenvalue weighted by Gasteiger charge is 2.04. The lowest BCUT2D eigenvalue weighted by Crippen LogP contribution is -2.31. The minimum atomic E-state index is 0.625. The smallest absolute Gasteiger partial charge is 0.0589 e. The summed E-state index contributed by atoms with van der Waals surface area (Å²) in [4.78, 5) is 2.38. The summed E-state index contributed by atoms with van der Waals surface area (Å²) in [5.74, 6) is 0.693. The molecule has 3 heteroatoms.